The molecule has 23 heavy (non-hydrogen) atoms. The highest BCUT2D eigenvalue weighted by atomic mass is 16.5. The number of ether oxygens (including phenoxy) is 2. The van der Waals surface area contributed by atoms with E-state index in [1.807, 2.05) is 36.4 Å². The van der Waals surface area contributed by atoms with Gasteiger partial charge in [0.15, 0.2) is 11.5 Å². The van der Waals surface area contributed by atoms with E-state index in [1.165, 1.54) is 0 Å². The first kappa shape index (κ1) is 15.0. The van der Waals surface area contributed by atoms with Crippen LogP contribution in [0.3, 0.4) is 0 Å². The molecule has 0 aliphatic carbocycles. The van der Waals surface area contributed by atoms with Crippen molar-refractivity contribution in [3.05, 3.63) is 60.3 Å². The molecule has 1 heterocycles. The van der Waals surface area contributed by atoms with E-state index in [9.17, 15) is 0 Å². The average Bonchev–Trinajstić information content (AvgIpc) is 2.96. The first-order valence-electron chi connectivity index (χ1n) is 7.30. The zero-order valence-corrected chi connectivity index (χ0v) is 13.2. The molecule has 2 N–H and O–H groups in total. The van der Waals surface area contributed by atoms with E-state index in [1.54, 1.807) is 25.1 Å². The first-order valence-corrected chi connectivity index (χ1v) is 7.30. The molecule has 0 fully saturated rings. The molecule has 0 spiro atoms. The minimum absolute atomic E-state index is 0.626. The Hall–Kier alpha value is -2.95. The molecular formula is C18H19N3O2. The number of benzene rings is 2. The third-order valence-electron chi connectivity index (χ3n) is 3.75. The Bertz CT molecular complexity index is 797. The van der Waals surface area contributed by atoms with Gasteiger partial charge in [-0.1, -0.05) is 36.4 Å². The van der Waals surface area contributed by atoms with Gasteiger partial charge in [0.05, 0.1) is 27.0 Å². The van der Waals surface area contributed by atoms with Gasteiger partial charge in [0.2, 0.25) is 0 Å². The molecule has 0 saturated heterocycles. The van der Waals surface area contributed by atoms with Gasteiger partial charge in [-0.2, -0.15) is 5.10 Å². The number of rotatable bonds is 5. The molecular weight excluding hydrogens is 290 g/mol. The Morgan fingerprint density at radius 3 is 2.43 bits per heavy atom. The number of nitrogens with zero attached hydrogens (tertiary/aromatic N) is 2. The van der Waals surface area contributed by atoms with Gasteiger partial charge in [-0.05, 0) is 23.3 Å². The smallest absolute Gasteiger partial charge is 0.161 e. The van der Waals surface area contributed by atoms with Crippen LogP contribution in [0, 0.1) is 0 Å². The summed E-state index contributed by atoms with van der Waals surface area (Å²) in [5.74, 6) is 1.98. The molecule has 0 amide bonds. The van der Waals surface area contributed by atoms with Gasteiger partial charge in [0.25, 0.3) is 0 Å². The zero-order chi connectivity index (χ0) is 16.2. The predicted molar refractivity (Wildman–Crippen MR) is 90.7 cm³/mol. The third-order valence-corrected chi connectivity index (χ3v) is 3.75. The second kappa shape index (κ2) is 6.44. The van der Waals surface area contributed by atoms with Gasteiger partial charge in [0, 0.05) is 5.56 Å². The largest absolute Gasteiger partial charge is 0.493 e. The monoisotopic (exact) mass is 309 g/mol. The van der Waals surface area contributed by atoms with Crippen molar-refractivity contribution in [1.82, 2.24) is 9.78 Å². The summed E-state index contributed by atoms with van der Waals surface area (Å²) in [7, 11) is 3.23. The second-order valence-electron chi connectivity index (χ2n) is 5.16. The maximum absolute atomic E-state index is 6.27. The van der Waals surface area contributed by atoms with Crippen molar-refractivity contribution in [2.75, 3.05) is 20.0 Å². The van der Waals surface area contributed by atoms with Crippen molar-refractivity contribution in [2.24, 2.45) is 0 Å². The van der Waals surface area contributed by atoms with Crippen LogP contribution in [0.2, 0.25) is 0 Å². The highest BCUT2D eigenvalue weighted by molar-refractivity contribution is 5.75. The quantitative estimate of drug-likeness (QED) is 0.786. The van der Waals surface area contributed by atoms with Crippen molar-refractivity contribution in [3.63, 3.8) is 0 Å². The van der Waals surface area contributed by atoms with E-state index in [0.29, 0.717) is 23.9 Å². The van der Waals surface area contributed by atoms with Gasteiger partial charge in [-0.15, -0.1) is 0 Å². The number of methoxy groups -OCH3 is 2. The van der Waals surface area contributed by atoms with Crippen molar-refractivity contribution >= 4 is 5.82 Å². The number of aromatic nitrogens is 2. The number of nitrogen functional groups attached to an aromatic ring is 1. The molecule has 5 nitrogen and oxygen atoms in total. The van der Waals surface area contributed by atoms with Crippen molar-refractivity contribution < 1.29 is 9.47 Å². The summed E-state index contributed by atoms with van der Waals surface area (Å²) in [4.78, 5) is 0. The second-order valence-corrected chi connectivity index (χ2v) is 5.16. The van der Waals surface area contributed by atoms with Crippen LogP contribution in [0.15, 0.2) is 54.7 Å². The first-order chi connectivity index (χ1) is 11.2. The Balaban J connectivity index is 1.93. The molecule has 0 saturated carbocycles. The SMILES string of the molecule is COc1ccc(-c2cnn(Cc3ccccc3)c2N)cc1OC. The van der Waals surface area contributed by atoms with Crippen LogP contribution in [0.4, 0.5) is 5.82 Å². The molecule has 0 aliphatic heterocycles. The Labute approximate surface area is 135 Å². The van der Waals surface area contributed by atoms with Crippen molar-refractivity contribution in [2.45, 2.75) is 6.54 Å². The van der Waals surface area contributed by atoms with Crippen LogP contribution in [0.1, 0.15) is 5.56 Å². The molecule has 0 bridgehead atoms. The Morgan fingerprint density at radius 2 is 1.74 bits per heavy atom. The summed E-state index contributed by atoms with van der Waals surface area (Å²) in [6.07, 6.45) is 1.78. The minimum atomic E-state index is 0.626. The minimum Gasteiger partial charge on any atom is -0.493 e. The summed E-state index contributed by atoms with van der Waals surface area (Å²) in [6.45, 7) is 0.639. The van der Waals surface area contributed by atoms with Gasteiger partial charge in [-0.3, -0.25) is 0 Å². The van der Waals surface area contributed by atoms with Crippen LogP contribution < -0.4 is 15.2 Å². The normalized spacial score (nSPS) is 10.5. The third kappa shape index (κ3) is 2.99. The van der Waals surface area contributed by atoms with Crippen LogP contribution in [-0.2, 0) is 6.54 Å². The molecule has 118 valence electrons. The predicted octanol–water partition coefficient (Wildman–Crippen LogP) is 3.20. The number of nitrogens with two attached hydrogens (primary N) is 1. The fraction of sp³-hybridized carbons (Fsp3) is 0.167. The summed E-state index contributed by atoms with van der Waals surface area (Å²) < 4.78 is 12.4. The highest BCUT2D eigenvalue weighted by Crippen LogP contribution is 2.34. The van der Waals surface area contributed by atoms with E-state index in [-0.39, 0.29) is 0 Å². The lowest BCUT2D eigenvalue weighted by Gasteiger charge is -2.10. The standard InChI is InChI=1S/C18H19N3O2/c1-22-16-9-8-14(10-17(16)23-2)15-11-20-21(18(15)19)12-13-6-4-3-5-7-13/h3-11H,12,19H2,1-2H3. The summed E-state index contributed by atoms with van der Waals surface area (Å²) in [5, 5.41) is 4.41. The molecule has 5 heteroatoms. The summed E-state index contributed by atoms with van der Waals surface area (Å²) >= 11 is 0. The number of anilines is 1. The lowest BCUT2D eigenvalue weighted by atomic mass is 10.1. The van der Waals surface area contributed by atoms with E-state index < -0.39 is 0 Å². The summed E-state index contributed by atoms with van der Waals surface area (Å²) in [5.41, 5.74) is 9.25. The fourth-order valence-corrected chi connectivity index (χ4v) is 2.50. The molecule has 1 aromatic heterocycles. The highest BCUT2D eigenvalue weighted by Gasteiger charge is 2.12. The Morgan fingerprint density at radius 1 is 1.00 bits per heavy atom. The van der Waals surface area contributed by atoms with Crippen LogP contribution in [-0.4, -0.2) is 24.0 Å². The van der Waals surface area contributed by atoms with Crippen molar-refractivity contribution in [3.8, 4) is 22.6 Å². The maximum atomic E-state index is 6.27. The van der Waals surface area contributed by atoms with E-state index in [4.69, 9.17) is 15.2 Å². The number of hydrogen-bond acceptors (Lipinski definition) is 4. The topological polar surface area (TPSA) is 62.3 Å². The van der Waals surface area contributed by atoms with Gasteiger partial charge in [0.1, 0.15) is 5.82 Å². The molecule has 0 aliphatic rings. The molecule has 0 radical (unpaired) electrons. The average molecular weight is 309 g/mol. The maximum Gasteiger partial charge on any atom is 0.161 e. The fourth-order valence-electron chi connectivity index (χ4n) is 2.50. The van der Waals surface area contributed by atoms with Gasteiger partial charge >= 0.3 is 0 Å². The summed E-state index contributed by atoms with van der Waals surface area (Å²) in [6, 6.07) is 15.8. The van der Waals surface area contributed by atoms with Crippen LogP contribution in [0.25, 0.3) is 11.1 Å². The van der Waals surface area contributed by atoms with E-state index >= 15 is 0 Å². The van der Waals surface area contributed by atoms with Crippen molar-refractivity contribution in [1.29, 1.82) is 0 Å². The van der Waals surface area contributed by atoms with Crippen LogP contribution >= 0.6 is 0 Å². The van der Waals surface area contributed by atoms with E-state index in [2.05, 4.69) is 17.2 Å². The lowest BCUT2D eigenvalue weighted by molar-refractivity contribution is 0.355. The Kier molecular flexibility index (Phi) is 4.19. The lowest BCUT2D eigenvalue weighted by Crippen LogP contribution is -2.06. The molecule has 0 atom stereocenters. The molecule has 0 unspecified atom stereocenters. The molecule has 3 rings (SSSR count). The van der Waals surface area contributed by atoms with Crippen LogP contribution in [0.5, 0.6) is 11.5 Å². The molecule has 3 aromatic rings. The zero-order valence-electron chi connectivity index (χ0n) is 13.2. The van der Waals surface area contributed by atoms with Gasteiger partial charge in [-0.25, -0.2) is 4.68 Å². The van der Waals surface area contributed by atoms with E-state index in [0.717, 1.165) is 16.7 Å². The number of hydrogen-bond donors (Lipinski definition) is 1. The molecule has 2 aromatic carbocycles. The van der Waals surface area contributed by atoms with Gasteiger partial charge < -0.3 is 15.2 Å².